The molecule has 0 spiro atoms. The summed E-state index contributed by atoms with van der Waals surface area (Å²) in [5.41, 5.74) is 0.756. The maximum Gasteiger partial charge on any atom is 0.407 e. The fourth-order valence-electron chi connectivity index (χ4n) is 2.99. The number of aliphatic imine (C=N–C) groups is 1. The van der Waals surface area contributed by atoms with E-state index >= 15 is 0 Å². The molecule has 1 saturated heterocycles. The van der Waals surface area contributed by atoms with Crippen molar-refractivity contribution in [3.05, 3.63) is 29.8 Å². The van der Waals surface area contributed by atoms with Gasteiger partial charge in [-0.2, -0.15) is 0 Å². The van der Waals surface area contributed by atoms with E-state index in [-0.39, 0.29) is 12.1 Å². The molecule has 7 heteroatoms. The first kappa shape index (κ1) is 20.9. The number of amides is 1. The van der Waals surface area contributed by atoms with Crippen molar-refractivity contribution in [2.75, 3.05) is 33.8 Å². The molecule has 0 aromatic heterocycles. The van der Waals surface area contributed by atoms with E-state index in [2.05, 4.69) is 32.7 Å². The second-order valence-corrected chi connectivity index (χ2v) is 7.65. The van der Waals surface area contributed by atoms with Gasteiger partial charge >= 0.3 is 6.09 Å². The maximum atomic E-state index is 11.9. The predicted octanol–water partition coefficient (Wildman–Crippen LogP) is 2.41. The molecule has 0 radical (unpaired) electrons. The number of hydrogen-bond donors (Lipinski definition) is 2. The second-order valence-electron chi connectivity index (χ2n) is 7.65. The number of carbonyl (C=O) groups excluding carboxylic acids is 1. The lowest BCUT2D eigenvalue weighted by Crippen LogP contribution is -2.44. The Bertz CT molecular complexity index is 638. The number of methoxy groups -OCH3 is 1. The van der Waals surface area contributed by atoms with Crippen LogP contribution < -0.4 is 15.4 Å². The molecule has 1 amide bonds. The van der Waals surface area contributed by atoms with Crippen LogP contribution in [0.5, 0.6) is 5.75 Å². The topological polar surface area (TPSA) is 75.2 Å². The molecule has 1 unspecified atom stereocenters. The number of hydrogen-bond acceptors (Lipinski definition) is 4. The maximum absolute atomic E-state index is 11.9. The van der Waals surface area contributed by atoms with Gasteiger partial charge in [-0.25, -0.2) is 4.79 Å². The smallest absolute Gasteiger partial charge is 0.407 e. The van der Waals surface area contributed by atoms with E-state index < -0.39 is 5.60 Å². The predicted molar refractivity (Wildman–Crippen MR) is 107 cm³/mol. The van der Waals surface area contributed by atoms with Crippen molar-refractivity contribution < 1.29 is 14.3 Å². The van der Waals surface area contributed by atoms with Gasteiger partial charge in [0.1, 0.15) is 11.4 Å². The molecule has 7 nitrogen and oxygen atoms in total. The highest BCUT2D eigenvalue weighted by Gasteiger charge is 2.27. The number of guanidine groups is 1. The van der Waals surface area contributed by atoms with Crippen LogP contribution in [0, 0.1) is 0 Å². The summed E-state index contributed by atoms with van der Waals surface area (Å²) >= 11 is 0. The van der Waals surface area contributed by atoms with Crippen LogP contribution in [-0.4, -0.2) is 62.4 Å². The fourth-order valence-corrected chi connectivity index (χ4v) is 2.99. The molecule has 2 rings (SSSR count). The van der Waals surface area contributed by atoms with E-state index in [0.717, 1.165) is 44.2 Å². The summed E-state index contributed by atoms with van der Waals surface area (Å²) in [6, 6.07) is 8.15. The van der Waals surface area contributed by atoms with Crippen molar-refractivity contribution in [3.8, 4) is 5.75 Å². The van der Waals surface area contributed by atoms with Crippen LogP contribution in [0.25, 0.3) is 0 Å². The second kappa shape index (κ2) is 9.48. The number of rotatable bonds is 5. The SMILES string of the molecule is CN=C(NCCc1ccc(OC)cc1)N1CCC(NC(=O)OC(C)(C)C)C1. The van der Waals surface area contributed by atoms with Crippen LogP contribution in [0.3, 0.4) is 0 Å². The summed E-state index contributed by atoms with van der Waals surface area (Å²) in [6.07, 6.45) is 1.41. The molecule has 1 fully saturated rings. The first-order chi connectivity index (χ1) is 12.8. The Morgan fingerprint density at radius 2 is 2.00 bits per heavy atom. The minimum Gasteiger partial charge on any atom is -0.497 e. The molecule has 150 valence electrons. The number of nitrogens with zero attached hydrogens (tertiary/aromatic N) is 2. The van der Waals surface area contributed by atoms with Crippen LogP contribution in [0.15, 0.2) is 29.3 Å². The summed E-state index contributed by atoms with van der Waals surface area (Å²) in [4.78, 5) is 18.5. The highest BCUT2D eigenvalue weighted by Crippen LogP contribution is 2.13. The van der Waals surface area contributed by atoms with Gasteiger partial charge in [-0.05, 0) is 51.3 Å². The lowest BCUT2D eigenvalue weighted by Gasteiger charge is -2.23. The molecule has 1 aliphatic rings. The molecule has 1 aliphatic heterocycles. The van der Waals surface area contributed by atoms with Gasteiger partial charge in [-0.1, -0.05) is 12.1 Å². The first-order valence-corrected chi connectivity index (χ1v) is 9.39. The number of benzene rings is 1. The Balaban J connectivity index is 1.76. The van der Waals surface area contributed by atoms with E-state index in [1.807, 2.05) is 32.9 Å². The van der Waals surface area contributed by atoms with Gasteiger partial charge in [0.15, 0.2) is 5.96 Å². The monoisotopic (exact) mass is 376 g/mol. The molecule has 27 heavy (non-hydrogen) atoms. The van der Waals surface area contributed by atoms with Crippen LogP contribution in [0.4, 0.5) is 4.79 Å². The van der Waals surface area contributed by atoms with E-state index in [1.165, 1.54) is 5.56 Å². The van der Waals surface area contributed by atoms with Gasteiger partial charge in [0.05, 0.1) is 13.2 Å². The van der Waals surface area contributed by atoms with Crippen molar-refractivity contribution >= 4 is 12.1 Å². The van der Waals surface area contributed by atoms with Gasteiger partial charge < -0.3 is 25.0 Å². The van der Waals surface area contributed by atoms with Crippen LogP contribution in [-0.2, 0) is 11.2 Å². The Labute approximate surface area is 162 Å². The third-order valence-electron chi connectivity index (χ3n) is 4.28. The summed E-state index contributed by atoms with van der Waals surface area (Å²) in [5.74, 6) is 1.72. The molecule has 2 N–H and O–H groups in total. The minimum atomic E-state index is -0.485. The van der Waals surface area contributed by atoms with Crippen LogP contribution in [0.1, 0.15) is 32.8 Å². The lowest BCUT2D eigenvalue weighted by molar-refractivity contribution is 0.0507. The Morgan fingerprint density at radius 1 is 1.30 bits per heavy atom. The molecule has 0 aliphatic carbocycles. The summed E-state index contributed by atoms with van der Waals surface area (Å²) in [5, 5.41) is 6.34. The molecule has 1 atom stereocenters. The number of nitrogens with one attached hydrogen (secondary N) is 2. The Morgan fingerprint density at radius 3 is 2.59 bits per heavy atom. The molecule has 1 aromatic rings. The molecule has 0 saturated carbocycles. The van der Waals surface area contributed by atoms with Gasteiger partial charge in [0.2, 0.25) is 0 Å². The third kappa shape index (κ3) is 7.00. The molecular formula is C20H32N4O3. The van der Waals surface area contributed by atoms with Crippen molar-refractivity contribution in [1.29, 1.82) is 0 Å². The van der Waals surface area contributed by atoms with Crippen molar-refractivity contribution in [3.63, 3.8) is 0 Å². The number of likely N-dealkylation sites (tertiary alicyclic amines) is 1. The Hall–Kier alpha value is -2.44. The fraction of sp³-hybridized carbons (Fsp3) is 0.600. The van der Waals surface area contributed by atoms with E-state index in [4.69, 9.17) is 9.47 Å². The van der Waals surface area contributed by atoms with Crippen LogP contribution in [0.2, 0.25) is 0 Å². The zero-order valence-corrected chi connectivity index (χ0v) is 17.0. The van der Waals surface area contributed by atoms with E-state index in [0.29, 0.717) is 0 Å². The molecular weight excluding hydrogens is 344 g/mol. The first-order valence-electron chi connectivity index (χ1n) is 9.39. The summed E-state index contributed by atoms with van der Waals surface area (Å²) in [6.45, 7) is 7.95. The zero-order valence-electron chi connectivity index (χ0n) is 17.0. The molecule has 1 heterocycles. The van der Waals surface area contributed by atoms with Crippen molar-refractivity contribution in [2.24, 2.45) is 4.99 Å². The molecule has 0 bridgehead atoms. The number of ether oxygens (including phenoxy) is 2. The van der Waals surface area contributed by atoms with Gasteiger partial charge in [-0.15, -0.1) is 0 Å². The molecule has 1 aromatic carbocycles. The van der Waals surface area contributed by atoms with E-state index in [9.17, 15) is 4.79 Å². The quantitative estimate of drug-likeness (QED) is 0.610. The zero-order chi connectivity index (χ0) is 19.9. The largest absolute Gasteiger partial charge is 0.497 e. The van der Waals surface area contributed by atoms with Crippen molar-refractivity contribution in [1.82, 2.24) is 15.5 Å². The minimum absolute atomic E-state index is 0.0694. The average Bonchev–Trinajstić information content (AvgIpc) is 3.05. The lowest BCUT2D eigenvalue weighted by atomic mass is 10.1. The number of alkyl carbamates (subject to hydrolysis) is 1. The van der Waals surface area contributed by atoms with E-state index in [1.54, 1.807) is 14.2 Å². The highest BCUT2D eigenvalue weighted by molar-refractivity contribution is 5.80. The summed E-state index contributed by atoms with van der Waals surface area (Å²) in [7, 11) is 3.45. The summed E-state index contributed by atoms with van der Waals surface area (Å²) < 4.78 is 10.5. The third-order valence-corrected chi connectivity index (χ3v) is 4.28. The van der Waals surface area contributed by atoms with Gasteiger partial charge in [0, 0.05) is 26.7 Å². The van der Waals surface area contributed by atoms with Crippen LogP contribution >= 0.6 is 0 Å². The van der Waals surface area contributed by atoms with Gasteiger partial charge in [-0.3, -0.25) is 4.99 Å². The van der Waals surface area contributed by atoms with Crippen molar-refractivity contribution in [2.45, 2.75) is 45.3 Å². The van der Waals surface area contributed by atoms with Gasteiger partial charge in [0.25, 0.3) is 0 Å². The Kier molecular flexibility index (Phi) is 7.33. The average molecular weight is 377 g/mol. The normalized spacial score (nSPS) is 17.6. The highest BCUT2D eigenvalue weighted by atomic mass is 16.6. The number of carbonyl (C=O) groups is 1. The standard InChI is InChI=1S/C20H32N4O3/c1-20(2,3)27-19(25)23-16-11-13-24(14-16)18(21-4)22-12-10-15-6-8-17(26-5)9-7-15/h6-9,16H,10-14H2,1-5H3,(H,21,22)(H,23,25).